The lowest BCUT2D eigenvalue weighted by Gasteiger charge is -2.39. The van der Waals surface area contributed by atoms with Crippen molar-refractivity contribution in [1.82, 2.24) is 4.90 Å². The second-order valence-corrected chi connectivity index (χ2v) is 6.17. The smallest absolute Gasteiger partial charge is 0.225 e. The molecule has 0 N–H and O–H groups in total. The molecule has 1 saturated carbocycles. The Morgan fingerprint density at radius 1 is 1.20 bits per heavy atom. The van der Waals surface area contributed by atoms with Gasteiger partial charge in [0.1, 0.15) is 0 Å². The van der Waals surface area contributed by atoms with Crippen molar-refractivity contribution in [2.45, 2.75) is 66.5 Å². The summed E-state index contributed by atoms with van der Waals surface area (Å²) in [5, 5.41) is 0. The summed E-state index contributed by atoms with van der Waals surface area (Å²) in [5.41, 5.74) is 0.174. The molecule has 15 heavy (non-hydrogen) atoms. The van der Waals surface area contributed by atoms with Crippen LogP contribution in [-0.2, 0) is 4.79 Å². The molecule has 2 nitrogen and oxygen atoms in total. The highest BCUT2D eigenvalue weighted by atomic mass is 16.2. The van der Waals surface area contributed by atoms with Gasteiger partial charge in [0.15, 0.2) is 0 Å². The molecule has 0 spiro atoms. The first-order valence-electron chi connectivity index (χ1n) is 6.07. The van der Waals surface area contributed by atoms with E-state index in [0.29, 0.717) is 18.0 Å². The number of hydrogen-bond acceptors (Lipinski definition) is 1. The molecule has 1 atom stereocenters. The minimum absolute atomic E-state index is 0.121. The standard InChI is InChI=1S/C13H25NO/c1-9(2)12(15)14(11-7-8-11)10(3)13(4,5)6/h9-11H,7-8H2,1-6H3/t10-/m0/s1. The first-order valence-corrected chi connectivity index (χ1v) is 6.07. The van der Waals surface area contributed by atoms with E-state index in [9.17, 15) is 4.79 Å². The Kier molecular flexibility index (Phi) is 3.47. The Labute approximate surface area is 94.0 Å². The second kappa shape index (κ2) is 4.15. The fourth-order valence-corrected chi connectivity index (χ4v) is 1.76. The Balaban J connectivity index is 2.78. The Morgan fingerprint density at radius 3 is 1.93 bits per heavy atom. The lowest BCUT2D eigenvalue weighted by atomic mass is 9.86. The summed E-state index contributed by atoms with van der Waals surface area (Å²) in [5.74, 6) is 0.440. The predicted octanol–water partition coefficient (Wildman–Crippen LogP) is 3.07. The van der Waals surface area contributed by atoms with Crippen LogP contribution in [0.2, 0.25) is 0 Å². The van der Waals surface area contributed by atoms with Crippen molar-refractivity contribution in [3.63, 3.8) is 0 Å². The molecule has 2 heteroatoms. The van der Waals surface area contributed by atoms with Gasteiger partial charge in [-0.25, -0.2) is 0 Å². The lowest BCUT2D eigenvalue weighted by Crippen LogP contribution is -2.48. The van der Waals surface area contributed by atoms with E-state index in [4.69, 9.17) is 0 Å². The van der Waals surface area contributed by atoms with Gasteiger partial charge in [0.2, 0.25) is 5.91 Å². The number of carbonyl (C=O) groups excluding carboxylic acids is 1. The summed E-state index contributed by atoms with van der Waals surface area (Å²) >= 11 is 0. The van der Waals surface area contributed by atoms with Gasteiger partial charge in [0, 0.05) is 18.0 Å². The molecule has 1 aliphatic carbocycles. The highest BCUT2D eigenvalue weighted by Crippen LogP contribution is 2.35. The van der Waals surface area contributed by atoms with Crippen molar-refractivity contribution in [1.29, 1.82) is 0 Å². The topological polar surface area (TPSA) is 20.3 Å². The van der Waals surface area contributed by atoms with Crippen molar-refractivity contribution in [2.24, 2.45) is 11.3 Å². The molecular formula is C13H25NO. The molecule has 88 valence electrons. The van der Waals surface area contributed by atoms with Crippen molar-refractivity contribution in [3.8, 4) is 0 Å². The molecule has 1 amide bonds. The number of rotatable bonds is 3. The van der Waals surface area contributed by atoms with Gasteiger partial charge < -0.3 is 4.90 Å². The molecule has 0 bridgehead atoms. The third kappa shape index (κ3) is 2.96. The lowest BCUT2D eigenvalue weighted by molar-refractivity contribution is -0.139. The van der Waals surface area contributed by atoms with Gasteiger partial charge in [-0.1, -0.05) is 34.6 Å². The maximum Gasteiger partial charge on any atom is 0.225 e. The fraction of sp³-hybridized carbons (Fsp3) is 0.923. The minimum Gasteiger partial charge on any atom is -0.336 e. The van der Waals surface area contributed by atoms with Crippen LogP contribution in [0, 0.1) is 11.3 Å². The number of hydrogen-bond donors (Lipinski definition) is 0. The van der Waals surface area contributed by atoms with Gasteiger partial charge in [0.05, 0.1) is 0 Å². The third-order valence-corrected chi connectivity index (χ3v) is 3.36. The maximum absolute atomic E-state index is 12.1. The van der Waals surface area contributed by atoms with Crippen molar-refractivity contribution in [3.05, 3.63) is 0 Å². The van der Waals surface area contributed by atoms with Crippen molar-refractivity contribution in [2.75, 3.05) is 0 Å². The summed E-state index contributed by atoms with van der Waals surface area (Å²) in [6, 6.07) is 0.856. The van der Waals surface area contributed by atoms with Gasteiger partial charge in [0.25, 0.3) is 0 Å². The summed E-state index contributed by atoms with van der Waals surface area (Å²) < 4.78 is 0. The number of nitrogens with zero attached hydrogens (tertiary/aromatic N) is 1. The van der Waals surface area contributed by atoms with Gasteiger partial charge in [-0.2, -0.15) is 0 Å². The summed E-state index contributed by atoms with van der Waals surface area (Å²) in [6.45, 7) is 12.8. The van der Waals surface area contributed by atoms with Crippen LogP contribution in [0.5, 0.6) is 0 Å². The SMILES string of the molecule is CC(C)C(=O)N(C1CC1)[C@@H](C)C(C)(C)C. The van der Waals surface area contributed by atoms with Crippen LogP contribution in [0.25, 0.3) is 0 Å². The Bertz CT molecular complexity index is 235. The van der Waals surface area contributed by atoms with Crippen molar-refractivity contribution < 1.29 is 4.79 Å². The summed E-state index contributed by atoms with van der Waals surface area (Å²) in [4.78, 5) is 14.3. The van der Waals surface area contributed by atoms with E-state index in [1.807, 2.05) is 13.8 Å². The van der Waals surface area contributed by atoms with Crippen LogP contribution in [-0.4, -0.2) is 22.9 Å². The molecule has 0 saturated heterocycles. The molecule has 0 unspecified atom stereocenters. The normalized spacial score (nSPS) is 19.1. The molecule has 0 heterocycles. The zero-order chi connectivity index (χ0) is 11.8. The van der Waals surface area contributed by atoms with E-state index in [1.54, 1.807) is 0 Å². The predicted molar refractivity (Wildman–Crippen MR) is 63.6 cm³/mol. The van der Waals surface area contributed by atoms with Crippen LogP contribution in [0.1, 0.15) is 54.4 Å². The molecule has 0 aromatic heterocycles. The molecule has 0 aromatic carbocycles. The van der Waals surface area contributed by atoms with Crippen LogP contribution in [0.3, 0.4) is 0 Å². The highest BCUT2D eigenvalue weighted by Gasteiger charge is 2.40. The molecule has 1 aliphatic rings. The van der Waals surface area contributed by atoms with Crippen LogP contribution < -0.4 is 0 Å². The van der Waals surface area contributed by atoms with Gasteiger partial charge >= 0.3 is 0 Å². The quantitative estimate of drug-likeness (QED) is 0.702. The van der Waals surface area contributed by atoms with Crippen LogP contribution >= 0.6 is 0 Å². The van der Waals surface area contributed by atoms with Gasteiger partial charge in [-0.3, -0.25) is 4.79 Å². The largest absolute Gasteiger partial charge is 0.336 e. The first kappa shape index (κ1) is 12.5. The van der Waals surface area contributed by atoms with Gasteiger partial charge in [-0.05, 0) is 25.2 Å². The van der Waals surface area contributed by atoms with Gasteiger partial charge in [-0.15, -0.1) is 0 Å². The maximum atomic E-state index is 12.1. The van der Waals surface area contributed by atoms with E-state index in [0.717, 1.165) is 0 Å². The molecule has 0 aliphatic heterocycles. The van der Waals surface area contributed by atoms with E-state index in [1.165, 1.54) is 12.8 Å². The zero-order valence-corrected chi connectivity index (χ0v) is 11.0. The molecule has 1 fully saturated rings. The second-order valence-electron chi connectivity index (χ2n) is 6.17. The average Bonchev–Trinajstić information content (AvgIpc) is 2.86. The fourth-order valence-electron chi connectivity index (χ4n) is 1.76. The summed E-state index contributed by atoms with van der Waals surface area (Å²) in [7, 11) is 0. The van der Waals surface area contributed by atoms with Crippen LogP contribution in [0.4, 0.5) is 0 Å². The third-order valence-electron chi connectivity index (χ3n) is 3.36. The monoisotopic (exact) mass is 211 g/mol. The molecule has 0 radical (unpaired) electrons. The van der Waals surface area contributed by atoms with E-state index in [-0.39, 0.29) is 11.3 Å². The molecule has 1 rings (SSSR count). The van der Waals surface area contributed by atoms with Crippen LogP contribution in [0.15, 0.2) is 0 Å². The van der Waals surface area contributed by atoms with E-state index in [2.05, 4.69) is 32.6 Å². The first-order chi connectivity index (χ1) is 6.75. The zero-order valence-electron chi connectivity index (χ0n) is 11.0. The molecule has 0 aromatic rings. The Hall–Kier alpha value is -0.530. The van der Waals surface area contributed by atoms with E-state index < -0.39 is 0 Å². The minimum atomic E-state index is 0.121. The summed E-state index contributed by atoms with van der Waals surface area (Å²) in [6.07, 6.45) is 2.39. The Morgan fingerprint density at radius 2 is 1.67 bits per heavy atom. The average molecular weight is 211 g/mol. The number of amides is 1. The highest BCUT2D eigenvalue weighted by molar-refractivity contribution is 5.79. The molecular weight excluding hydrogens is 186 g/mol. The van der Waals surface area contributed by atoms with Crippen molar-refractivity contribution >= 4 is 5.91 Å². The number of carbonyl (C=O) groups is 1. The van der Waals surface area contributed by atoms with E-state index >= 15 is 0 Å².